The molecule has 0 aromatic heterocycles. The van der Waals surface area contributed by atoms with E-state index in [1.54, 1.807) is 0 Å². The second-order valence-electron chi connectivity index (χ2n) is 10.8. The van der Waals surface area contributed by atoms with Crippen LogP contribution in [0.4, 0.5) is 0 Å². The summed E-state index contributed by atoms with van der Waals surface area (Å²) in [5, 5.41) is 0. The summed E-state index contributed by atoms with van der Waals surface area (Å²) in [4.78, 5) is 12.0. The fourth-order valence-electron chi connectivity index (χ4n) is 8.29. The van der Waals surface area contributed by atoms with E-state index in [2.05, 4.69) is 33.1 Å². The van der Waals surface area contributed by atoms with E-state index in [4.69, 9.17) is 0 Å². The molecular weight excluding hydrogens is 348 g/mol. The third kappa shape index (κ3) is 3.26. The van der Waals surface area contributed by atoms with Crippen molar-refractivity contribution in [1.82, 2.24) is 0 Å². The number of thioether (sulfide) groups is 1. The predicted molar refractivity (Wildman–Crippen MR) is 117 cm³/mol. The molecule has 1 nitrogen and oxygen atoms in total. The van der Waals surface area contributed by atoms with E-state index in [0.29, 0.717) is 16.6 Å². The Morgan fingerprint density at radius 3 is 2.70 bits per heavy atom. The Labute approximate surface area is 171 Å². The fraction of sp³-hybridized carbons (Fsp3) is 0.880. The lowest BCUT2D eigenvalue weighted by Crippen LogP contribution is -2.50. The van der Waals surface area contributed by atoms with Crippen LogP contribution in [0.3, 0.4) is 0 Å². The van der Waals surface area contributed by atoms with Crippen LogP contribution in [0.5, 0.6) is 0 Å². The zero-order valence-corrected chi connectivity index (χ0v) is 18.9. The number of rotatable bonds is 5. The van der Waals surface area contributed by atoms with Gasteiger partial charge in [-0.1, -0.05) is 26.3 Å². The van der Waals surface area contributed by atoms with Crippen molar-refractivity contribution in [3.63, 3.8) is 0 Å². The molecule has 0 unspecified atom stereocenters. The van der Waals surface area contributed by atoms with Gasteiger partial charge in [-0.15, -0.1) is 0 Å². The van der Waals surface area contributed by atoms with Crippen molar-refractivity contribution in [2.45, 2.75) is 85.0 Å². The first kappa shape index (κ1) is 20.0. The minimum atomic E-state index is 0.334. The highest BCUT2D eigenvalue weighted by Crippen LogP contribution is 2.67. The molecule has 27 heavy (non-hydrogen) atoms. The molecule has 0 bridgehead atoms. The molecule has 0 saturated heterocycles. The van der Waals surface area contributed by atoms with Gasteiger partial charge in [0.2, 0.25) is 0 Å². The lowest BCUT2D eigenvalue weighted by atomic mass is 9.46. The Morgan fingerprint density at radius 2 is 1.93 bits per heavy atom. The third-order valence-electron chi connectivity index (χ3n) is 9.73. The van der Waals surface area contributed by atoms with Gasteiger partial charge in [0.15, 0.2) is 5.78 Å². The number of fused-ring (bicyclic) bond motifs is 5. The van der Waals surface area contributed by atoms with Crippen LogP contribution in [0, 0.1) is 40.4 Å². The average Bonchev–Trinajstić information content (AvgIpc) is 3.00. The van der Waals surface area contributed by atoms with Gasteiger partial charge in [-0.3, -0.25) is 4.79 Å². The lowest BCUT2D eigenvalue weighted by molar-refractivity contribution is -0.117. The van der Waals surface area contributed by atoms with E-state index in [1.807, 2.05) is 11.8 Å². The highest BCUT2D eigenvalue weighted by atomic mass is 32.2. The maximum Gasteiger partial charge on any atom is 0.155 e. The highest BCUT2D eigenvalue weighted by molar-refractivity contribution is 7.98. The van der Waals surface area contributed by atoms with E-state index in [-0.39, 0.29) is 0 Å². The van der Waals surface area contributed by atoms with E-state index < -0.39 is 0 Å². The monoisotopic (exact) mass is 388 g/mol. The van der Waals surface area contributed by atoms with Crippen molar-refractivity contribution in [3.8, 4) is 0 Å². The Morgan fingerprint density at radius 1 is 1.11 bits per heavy atom. The number of ketones is 1. The molecule has 3 saturated carbocycles. The zero-order valence-electron chi connectivity index (χ0n) is 18.1. The van der Waals surface area contributed by atoms with E-state index in [1.165, 1.54) is 62.7 Å². The normalized spacial score (nSPS) is 44.9. The SMILES string of the molecule is CSCCC[C@@H](C)[C@H]1CC[C@H]2[C@@H]3CCC4=CC(=O)CC[C@]4(C)[C@H]3CC[C@]12C. The summed E-state index contributed by atoms with van der Waals surface area (Å²) >= 11 is 2.00. The standard InChI is InChI=1S/C25H40OS/c1-17(6-5-15-27-4)21-9-10-22-20-8-7-18-16-19(26)11-13-24(18,2)23(20)12-14-25(21,22)3/h16-17,20-23H,5-15H2,1-4H3/t17-,20+,21-,22+,23+,24+,25-/m1/s1. The molecule has 0 spiro atoms. The minimum Gasteiger partial charge on any atom is -0.295 e. The van der Waals surface area contributed by atoms with Gasteiger partial charge in [0.25, 0.3) is 0 Å². The van der Waals surface area contributed by atoms with Crippen LogP contribution in [0.15, 0.2) is 11.6 Å². The largest absolute Gasteiger partial charge is 0.295 e. The number of allylic oxidation sites excluding steroid dienone is 1. The average molecular weight is 389 g/mol. The molecule has 0 heterocycles. The van der Waals surface area contributed by atoms with Crippen molar-refractivity contribution in [2.75, 3.05) is 12.0 Å². The molecule has 4 rings (SSSR count). The molecule has 0 aromatic carbocycles. The van der Waals surface area contributed by atoms with E-state index >= 15 is 0 Å². The van der Waals surface area contributed by atoms with Crippen LogP contribution in [-0.2, 0) is 4.79 Å². The fourth-order valence-corrected chi connectivity index (χ4v) is 8.74. The smallest absolute Gasteiger partial charge is 0.155 e. The molecular formula is C25H40OS. The van der Waals surface area contributed by atoms with Gasteiger partial charge < -0.3 is 0 Å². The summed E-state index contributed by atoms with van der Waals surface area (Å²) in [7, 11) is 0. The topological polar surface area (TPSA) is 17.1 Å². The molecule has 7 atom stereocenters. The molecule has 152 valence electrons. The van der Waals surface area contributed by atoms with Crippen LogP contribution < -0.4 is 0 Å². The van der Waals surface area contributed by atoms with Gasteiger partial charge in [-0.05, 0) is 116 Å². The predicted octanol–water partition coefficient (Wildman–Crippen LogP) is 6.91. The molecule has 0 aromatic rings. The second-order valence-corrected chi connectivity index (χ2v) is 11.8. The quantitative estimate of drug-likeness (QED) is 0.476. The van der Waals surface area contributed by atoms with Crippen molar-refractivity contribution in [1.29, 1.82) is 0 Å². The first-order chi connectivity index (χ1) is 12.9. The zero-order chi connectivity index (χ0) is 19.2. The summed E-state index contributed by atoms with van der Waals surface area (Å²) in [6.45, 7) is 7.75. The summed E-state index contributed by atoms with van der Waals surface area (Å²) in [5.74, 6) is 6.26. The van der Waals surface area contributed by atoms with E-state index in [0.717, 1.165) is 42.4 Å². The Kier molecular flexibility index (Phi) is 5.60. The van der Waals surface area contributed by atoms with Gasteiger partial charge in [0.05, 0.1) is 0 Å². The summed E-state index contributed by atoms with van der Waals surface area (Å²) < 4.78 is 0. The van der Waals surface area contributed by atoms with Crippen LogP contribution >= 0.6 is 11.8 Å². The number of hydrogen-bond acceptors (Lipinski definition) is 2. The van der Waals surface area contributed by atoms with Crippen molar-refractivity contribution >= 4 is 17.5 Å². The Hall–Kier alpha value is -0.240. The third-order valence-corrected chi connectivity index (χ3v) is 10.4. The maximum atomic E-state index is 12.0. The molecule has 0 N–H and O–H groups in total. The molecule has 3 fully saturated rings. The first-order valence-corrected chi connectivity index (χ1v) is 13.0. The molecule has 0 radical (unpaired) electrons. The van der Waals surface area contributed by atoms with Crippen molar-refractivity contribution in [2.24, 2.45) is 40.4 Å². The van der Waals surface area contributed by atoms with Crippen molar-refractivity contribution in [3.05, 3.63) is 11.6 Å². The lowest BCUT2D eigenvalue weighted by Gasteiger charge is -2.58. The van der Waals surface area contributed by atoms with Crippen LogP contribution in [-0.4, -0.2) is 17.8 Å². The van der Waals surface area contributed by atoms with Gasteiger partial charge in [0.1, 0.15) is 0 Å². The molecule has 0 aliphatic heterocycles. The Bertz CT molecular complexity index is 609. The summed E-state index contributed by atoms with van der Waals surface area (Å²) in [6, 6.07) is 0. The van der Waals surface area contributed by atoms with E-state index in [9.17, 15) is 4.79 Å². The van der Waals surface area contributed by atoms with Gasteiger partial charge >= 0.3 is 0 Å². The molecule has 4 aliphatic carbocycles. The molecule has 4 aliphatic rings. The van der Waals surface area contributed by atoms with Crippen LogP contribution in [0.25, 0.3) is 0 Å². The second kappa shape index (κ2) is 7.54. The Balaban J connectivity index is 1.52. The number of hydrogen-bond donors (Lipinski definition) is 0. The maximum absolute atomic E-state index is 12.0. The minimum absolute atomic E-state index is 0.334. The number of carbonyl (C=O) groups is 1. The highest BCUT2D eigenvalue weighted by Gasteiger charge is 2.59. The first-order valence-electron chi connectivity index (χ1n) is 11.6. The van der Waals surface area contributed by atoms with Gasteiger partial charge in [-0.25, -0.2) is 0 Å². The van der Waals surface area contributed by atoms with Crippen molar-refractivity contribution < 1.29 is 4.79 Å². The number of carbonyl (C=O) groups excluding carboxylic acids is 1. The van der Waals surface area contributed by atoms with Crippen LogP contribution in [0.2, 0.25) is 0 Å². The van der Waals surface area contributed by atoms with Gasteiger partial charge in [0, 0.05) is 6.42 Å². The summed E-state index contributed by atoms with van der Waals surface area (Å²) in [5.41, 5.74) is 2.44. The van der Waals surface area contributed by atoms with Gasteiger partial charge in [-0.2, -0.15) is 11.8 Å². The van der Waals surface area contributed by atoms with Crippen LogP contribution in [0.1, 0.15) is 85.0 Å². The molecule has 0 amide bonds. The summed E-state index contributed by atoms with van der Waals surface area (Å²) in [6.07, 6.45) is 17.4. The molecule has 2 heteroatoms.